The molecule has 7 rings (SSSR count). The minimum atomic E-state index is -1.01. The Hall–Kier alpha value is -6.08. The normalized spacial score (nSPS) is 22.0. The molecule has 2 aliphatic heterocycles. The Balaban J connectivity index is 0.00000616. The van der Waals surface area contributed by atoms with E-state index in [9.17, 15) is 38.4 Å². The van der Waals surface area contributed by atoms with E-state index >= 15 is 0 Å². The van der Waals surface area contributed by atoms with Crippen LogP contribution in [0.3, 0.4) is 0 Å². The first-order valence-corrected chi connectivity index (χ1v) is 28.7. The Kier molecular flexibility index (Phi) is 22.4. The van der Waals surface area contributed by atoms with Crippen LogP contribution in [0.2, 0.25) is 0 Å². The molecule has 0 unspecified atom stereocenters. The van der Waals surface area contributed by atoms with E-state index in [1.807, 2.05) is 98.7 Å². The number of likely N-dealkylation sites (N-methyl/N-ethyl adjacent to an activating group) is 2. The summed E-state index contributed by atoms with van der Waals surface area (Å²) in [6.07, 6.45) is 5.19. The van der Waals surface area contributed by atoms with Crippen LogP contribution in [0.1, 0.15) is 175 Å². The molecule has 2 saturated heterocycles. The third-order valence-electron chi connectivity index (χ3n) is 16.6. The van der Waals surface area contributed by atoms with E-state index in [4.69, 9.17) is 0 Å². The van der Waals surface area contributed by atoms with Gasteiger partial charge in [0, 0.05) is 36.3 Å². The highest BCUT2D eigenvalue weighted by atomic mass is 35.5. The minimum Gasteiger partial charge on any atom is -0.347 e. The number of rotatable bonds is 16. The fourth-order valence-electron chi connectivity index (χ4n) is 11.5. The number of carbonyl (C=O) groups excluding carboxylic acids is 8. The molecule has 2 heterocycles. The second-order valence-corrected chi connectivity index (χ2v) is 25.8. The average Bonchev–Trinajstić information content (AvgIpc) is 4.05. The molecule has 0 saturated carbocycles. The van der Waals surface area contributed by atoms with Gasteiger partial charge in [-0.25, -0.2) is 0 Å². The van der Waals surface area contributed by atoms with Gasteiger partial charge in [0.2, 0.25) is 35.4 Å². The van der Waals surface area contributed by atoms with E-state index in [1.54, 1.807) is 40.1 Å². The number of likely N-dealkylation sites (tertiary alicyclic amines) is 2. The molecule has 0 spiro atoms. The van der Waals surface area contributed by atoms with Crippen molar-refractivity contribution in [2.75, 3.05) is 27.2 Å². The number of amides is 8. The smallest absolute Gasteiger partial charge is 0.251 e. The fourth-order valence-corrected chi connectivity index (χ4v) is 11.5. The molecule has 82 heavy (non-hydrogen) atoms. The zero-order valence-electron chi connectivity index (χ0n) is 50.2. The van der Waals surface area contributed by atoms with Gasteiger partial charge >= 0.3 is 0 Å². The lowest BCUT2D eigenvalue weighted by Crippen LogP contribution is -2.59. The molecule has 8 amide bonds. The number of nitrogens with one attached hydrogen (secondary N) is 8. The first-order chi connectivity index (χ1) is 37.6. The highest BCUT2D eigenvalue weighted by Gasteiger charge is 2.48. The lowest BCUT2D eigenvalue weighted by Gasteiger charge is -2.36. The van der Waals surface area contributed by atoms with Gasteiger partial charge in [-0.15, -0.1) is 24.8 Å². The second kappa shape index (κ2) is 27.5. The molecule has 20 heteroatoms. The molecule has 3 aromatic carbocycles. The monoisotopic (exact) mass is 1170 g/mol. The number of carbonyl (C=O) groups is 8. The molecule has 4 aliphatic rings. The van der Waals surface area contributed by atoms with Crippen molar-refractivity contribution in [3.63, 3.8) is 0 Å². The number of hydrogen-bond donors (Lipinski definition) is 8. The number of nitrogens with zero attached hydrogens (tertiary/aromatic N) is 2. The molecule has 0 radical (unpaired) electrons. The van der Waals surface area contributed by atoms with Crippen LogP contribution in [0.5, 0.6) is 0 Å². The van der Waals surface area contributed by atoms with Crippen LogP contribution in [0.4, 0.5) is 0 Å². The summed E-state index contributed by atoms with van der Waals surface area (Å²) >= 11 is 0. The lowest BCUT2D eigenvalue weighted by atomic mass is 9.84. The van der Waals surface area contributed by atoms with Crippen molar-refractivity contribution in [2.45, 2.75) is 193 Å². The third-order valence-corrected chi connectivity index (χ3v) is 16.6. The standard InChI is InChI=1S/C62H88N10O8.2ClH/c1-35(63-12)52(73)69-50(61(6,7)8)58(79)71-33-42(31-48(71)56(77)67-46-26-18-22-37-20-14-16-24-44(37)46)65-54(75)39-28-40(30-41(29-39)60(3,4)5)55(76)66-43-32-49(57(78)68-47-27-19-23-38-21-15-17-25-45(38)47)72(34-43)59(80)51(62(9,10)11)70-53(74)36(2)64-13;;/h14-17,20-21,24-25,28-30,35-36,42-43,46-51,63-64H,18-19,22-23,26-27,31-34H2,1-13H3,(H,65,75)(H,66,76)(H,67,77)(H,68,78)(H,69,73)(H,70,74);2*1H/t35-,36-,42-,43-,46+,47+,48-,49-,50+,51+;;/m0../s1. The molecule has 450 valence electrons. The van der Waals surface area contributed by atoms with E-state index in [1.165, 1.54) is 15.9 Å². The zero-order valence-corrected chi connectivity index (χ0v) is 51.8. The number of aryl methyl sites for hydroxylation is 2. The second-order valence-electron chi connectivity index (χ2n) is 25.8. The van der Waals surface area contributed by atoms with Gasteiger partial charge in [0.15, 0.2) is 0 Å². The van der Waals surface area contributed by atoms with E-state index in [0.717, 1.165) is 60.8 Å². The van der Waals surface area contributed by atoms with Crippen LogP contribution in [-0.4, -0.2) is 133 Å². The predicted molar refractivity (Wildman–Crippen MR) is 323 cm³/mol. The Morgan fingerprint density at radius 3 is 1.23 bits per heavy atom. The maximum Gasteiger partial charge on any atom is 0.251 e. The highest BCUT2D eigenvalue weighted by molar-refractivity contribution is 6.01. The summed E-state index contributed by atoms with van der Waals surface area (Å²) in [7, 11) is 3.31. The van der Waals surface area contributed by atoms with Crippen molar-refractivity contribution in [1.82, 2.24) is 52.3 Å². The van der Waals surface area contributed by atoms with Gasteiger partial charge in [-0.3, -0.25) is 38.4 Å². The fraction of sp³-hybridized carbons (Fsp3) is 0.581. The molecular formula is C62H90Cl2N10O8. The van der Waals surface area contributed by atoms with Gasteiger partial charge in [-0.05, 0) is 142 Å². The summed E-state index contributed by atoms with van der Waals surface area (Å²) in [6.45, 7) is 20.4. The summed E-state index contributed by atoms with van der Waals surface area (Å²) in [5.41, 5.74) is 3.40. The van der Waals surface area contributed by atoms with Crippen LogP contribution in [0, 0.1) is 10.8 Å². The summed E-state index contributed by atoms with van der Waals surface area (Å²) in [5.74, 6) is -3.40. The van der Waals surface area contributed by atoms with Crippen molar-refractivity contribution >= 4 is 72.1 Å². The molecule has 18 nitrogen and oxygen atoms in total. The summed E-state index contributed by atoms with van der Waals surface area (Å²) in [6, 6.07) is 13.9. The average molecular weight is 1170 g/mol. The van der Waals surface area contributed by atoms with Crippen LogP contribution in [0.25, 0.3) is 0 Å². The van der Waals surface area contributed by atoms with Crippen molar-refractivity contribution < 1.29 is 38.4 Å². The zero-order chi connectivity index (χ0) is 58.6. The van der Waals surface area contributed by atoms with E-state index in [0.29, 0.717) is 5.56 Å². The molecule has 2 aliphatic carbocycles. The van der Waals surface area contributed by atoms with E-state index in [-0.39, 0.29) is 97.6 Å². The Morgan fingerprint density at radius 2 is 0.890 bits per heavy atom. The lowest BCUT2D eigenvalue weighted by molar-refractivity contribution is -0.144. The largest absolute Gasteiger partial charge is 0.347 e. The highest BCUT2D eigenvalue weighted by Crippen LogP contribution is 2.34. The summed E-state index contributed by atoms with van der Waals surface area (Å²) < 4.78 is 0. The Morgan fingerprint density at radius 1 is 0.524 bits per heavy atom. The van der Waals surface area contributed by atoms with Gasteiger partial charge in [-0.1, -0.05) is 111 Å². The van der Waals surface area contributed by atoms with Crippen LogP contribution in [0.15, 0.2) is 66.7 Å². The first kappa shape index (κ1) is 66.7. The topological polar surface area (TPSA) is 239 Å². The van der Waals surface area contributed by atoms with Crippen molar-refractivity contribution in [2.24, 2.45) is 10.8 Å². The maximum atomic E-state index is 14.9. The van der Waals surface area contributed by atoms with Crippen molar-refractivity contribution in [3.05, 3.63) is 106 Å². The third kappa shape index (κ3) is 15.8. The first-order valence-electron chi connectivity index (χ1n) is 28.7. The van der Waals surface area contributed by atoms with Crippen molar-refractivity contribution in [3.8, 4) is 0 Å². The summed E-state index contributed by atoms with van der Waals surface area (Å²) in [5, 5.41) is 24.4. The minimum absolute atomic E-state index is 0. The van der Waals surface area contributed by atoms with E-state index in [2.05, 4.69) is 54.7 Å². The molecule has 8 N–H and O–H groups in total. The molecule has 0 bridgehead atoms. The molecular weight excluding hydrogens is 1080 g/mol. The van der Waals surface area contributed by atoms with E-state index < -0.39 is 88.2 Å². The Bertz CT molecular complexity index is 2650. The SMILES string of the molecule is CN[C@@H](C)C(=O)N[C@H](C(=O)N1C[C@@H](NC(=O)c2cc(C(=O)N[C@H]3C[C@@H](C(=O)N[C@@H]4CCCc5ccccc54)N(C(=O)[C@@H](NC(=O)[C@H](C)NC)C(C)(C)C)C3)cc(C(C)(C)C)c2)C[C@H]1C(=O)N[C@@H]1CCCc2ccccc21)C(C)(C)C.Cl.Cl. The number of benzene rings is 3. The molecule has 2 fully saturated rings. The maximum absolute atomic E-state index is 14.9. The summed E-state index contributed by atoms with van der Waals surface area (Å²) in [4.78, 5) is 118. The Labute approximate surface area is 497 Å². The van der Waals surface area contributed by atoms with Gasteiger partial charge in [0.1, 0.15) is 24.2 Å². The van der Waals surface area contributed by atoms with Crippen molar-refractivity contribution in [1.29, 1.82) is 0 Å². The van der Waals surface area contributed by atoms with Gasteiger partial charge in [0.25, 0.3) is 11.8 Å². The van der Waals surface area contributed by atoms with Crippen LogP contribution in [-0.2, 0) is 47.0 Å². The molecule has 10 atom stereocenters. The predicted octanol–water partition coefficient (Wildman–Crippen LogP) is 5.89. The van der Waals surface area contributed by atoms with Gasteiger partial charge in [0.05, 0.1) is 24.2 Å². The van der Waals surface area contributed by atoms with Gasteiger partial charge in [-0.2, -0.15) is 0 Å². The molecule has 0 aromatic heterocycles. The number of halogens is 2. The van der Waals surface area contributed by atoms with Crippen LogP contribution >= 0.6 is 24.8 Å². The quantitative estimate of drug-likeness (QED) is 0.0846. The number of hydrogen-bond acceptors (Lipinski definition) is 10. The number of fused-ring (bicyclic) bond motifs is 2. The van der Waals surface area contributed by atoms with Gasteiger partial charge < -0.3 is 52.3 Å². The van der Waals surface area contributed by atoms with Crippen LogP contribution < -0.4 is 42.5 Å². The molecule has 3 aromatic rings.